The van der Waals surface area contributed by atoms with Gasteiger partial charge in [-0.15, -0.1) is 0 Å². The van der Waals surface area contributed by atoms with E-state index in [4.69, 9.17) is 4.74 Å². The molecule has 0 unspecified atom stereocenters. The average Bonchev–Trinajstić information content (AvgIpc) is 3.26. The number of nitrogens with one attached hydrogen (secondary N) is 1. The van der Waals surface area contributed by atoms with Crippen molar-refractivity contribution in [3.05, 3.63) is 64.8 Å². The van der Waals surface area contributed by atoms with Crippen LogP contribution in [0.2, 0.25) is 0 Å². The summed E-state index contributed by atoms with van der Waals surface area (Å²) in [6.45, 7) is 1.60. The van der Waals surface area contributed by atoms with E-state index in [0.29, 0.717) is 10.9 Å². The van der Waals surface area contributed by atoms with Gasteiger partial charge in [0.2, 0.25) is 5.78 Å². The topological polar surface area (TPSA) is 72.0 Å². The number of hydrogen-bond acceptors (Lipinski definition) is 4. The average molecular weight is 334 g/mol. The highest BCUT2D eigenvalue weighted by molar-refractivity contribution is 6.05. The molecular formula is C20H18N2O3. The van der Waals surface area contributed by atoms with Gasteiger partial charge < -0.3 is 4.74 Å². The highest BCUT2D eigenvalue weighted by Crippen LogP contribution is 2.24. The molecule has 2 aromatic carbocycles. The molecule has 5 heteroatoms. The van der Waals surface area contributed by atoms with Crippen molar-refractivity contribution in [2.75, 3.05) is 0 Å². The Bertz CT molecular complexity index is 974. The number of para-hydroxylation sites is 1. The van der Waals surface area contributed by atoms with Crippen LogP contribution in [0, 0.1) is 0 Å². The lowest BCUT2D eigenvalue weighted by Crippen LogP contribution is -2.24. The molecule has 1 aliphatic rings. The first-order valence-corrected chi connectivity index (χ1v) is 8.43. The molecule has 1 aromatic heterocycles. The Kier molecular flexibility index (Phi) is 3.84. The summed E-state index contributed by atoms with van der Waals surface area (Å²) in [5.41, 5.74) is 4.08. The van der Waals surface area contributed by atoms with Gasteiger partial charge in [0, 0.05) is 10.9 Å². The molecule has 0 radical (unpaired) electrons. The summed E-state index contributed by atoms with van der Waals surface area (Å²) in [5.74, 6) is -0.789. The number of Topliss-reactive ketones (excluding diaryl/α,β-unsaturated/α-hetero) is 1. The number of fused-ring (bicyclic) bond motifs is 2. The molecule has 0 fully saturated rings. The SMILES string of the molecule is C[C@H](OC(=O)c1n[nH]c2ccccc12)C(=O)c1ccc2c(c1)CCC2. The zero-order valence-electron chi connectivity index (χ0n) is 13.9. The number of aryl methyl sites for hydroxylation is 2. The first-order chi connectivity index (χ1) is 12.1. The van der Waals surface area contributed by atoms with Crippen molar-refractivity contribution in [3.8, 4) is 0 Å². The van der Waals surface area contributed by atoms with Crippen LogP contribution >= 0.6 is 0 Å². The van der Waals surface area contributed by atoms with Gasteiger partial charge in [-0.2, -0.15) is 5.10 Å². The highest BCUT2D eigenvalue weighted by Gasteiger charge is 2.24. The molecule has 0 amide bonds. The number of benzene rings is 2. The maximum absolute atomic E-state index is 12.6. The standard InChI is InChI=1S/C20H18N2O3/c1-12(19(23)15-10-9-13-5-4-6-14(13)11-15)25-20(24)18-16-7-2-3-8-17(16)21-22-18/h2-3,7-12H,4-6H2,1H3,(H,21,22)/t12-/m0/s1. The number of H-pyrrole nitrogens is 1. The lowest BCUT2D eigenvalue weighted by Gasteiger charge is -2.12. The van der Waals surface area contributed by atoms with Crippen molar-refractivity contribution in [1.82, 2.24) is 10.2 Å². The number of rotatable bonds is 4. The van der Waals surface area contributed by atoms with Crippen molar-refractivity contribution in [2.45, 2.75) is 32.3 Å². The van der Waals surface area contributed by atoms with E-state index in [2.05, 4.69) is 10.2 Å². The molecule has 4 rings (SSSR count). The molecule has 1 N–H and O–H groups in total. The van der Waals surface area contributed by atoms with Crippen LogP contribution in [0.3, 0.4) is 0 Å². The minimum atomic E-state index is -0.859. The maximum Gasteiger partial charge on any atom is 0.360 e. The fraction of sp³-hybridized carbons (Fsp3) is 0.250. The van der Waals surface area contributed by atoms with Gasteiger partial charge in [0.05, 0.1) is 5.52 Å². The Balaban J connectivity index is 1.52. The van der Waals surface area contributed by atoms with Gasteiger partial charge in [-0.25, -0.2) is 4.79 Å². The zero-order chi connectivity index (χ0) is 17.4. The monoisotopic (exact) mass is 334 g/mol. The minimum absolute atomic E-state index is 0.192. The Hall–Kier alpha value is -2.95. The van der Waals surface area contributed by atoms with Crippen LogP contribution in [0.15, 0.2) is 42.5 Å². The van der Waals surface area contributed by atoms with Crippen LogP contribution in [0.25, 0.3) is 10.9 Å². The number of aromatic amines is 1. The van der Waals surface area contributed by atoms with E-state index in [1.807, 2.05) is 36.4 Å². The van der Waals surface area contributed by atoms with Gasteiger partial charge >= 0.3 is 5.97 Å². The van der Waals surface area contributed by atoms with Crippen molar-refractivity contribution in [1.29, 1.82) is 0 Å². The highest BCUT2D eigenvalue weighted by atomic mass is 16.5. The normalized spacial score (nSPS) is 14.3. The number of ether oxygens (including phenoxy) is 1. The van der Waals surface area contributed by atoms with E-state index >= 15 is 0 Å². The quantitative estimate of drug-likeness (QED) is 0.586. The van der Waals surface area contributed by atoms with Crippen molar-refractivity contribution in [3.63, 3.8) is 0 Å². The third-order valence-corrected chi connectivity index (χ3v) is 4.70. The molecule has 5 nitrogen and oxygen atoms in total. The second kappa shape index (κ2) is 6.16. The minimum Gasteiger partial charge on any atom is -0.449 e. The fourth-order valence-electron chi connectivity index (χ4n) is 3.35. The molecule has 0 aliphatic heterocycles. The van der Waals surface area contributed by atoms with E-state index in [-0.39, 0.29) is 11.5 Å². The van der Waals surface area contributed by atoms with Gasteiger partial charge in [-0.1, -0.05) is 30.3 Å². The summed E-state index contributed by atoms with van der Waals surface area (Å²) in [4.78, 5) is 25.0. The van der Waals surface area contributed by atoms with Crippen LogP contribution in [-0.2, 0) is 17.6 Å². The maximum atomic E-state index is 12.6. The molecule has 1 heterocycles. The largest absolute Gasteiger partial charge is 0.449 e. The molecule has 126 valence electrons. The van der Waals surface area contributed by atoms with Crippen molar-refractivity contribution in [2.24, 2.45) is 0 Å². The van der Waals surface area contributed by atoms with E-state index < -0.39 is 12.1 Å². The second-order valence-electron chi connectivity index (χ2n) is 6.37. The lowest BCUT2D eigenvalue weighted by molar-refractivity contribution is 0.0315. The lowest BCUT2D eigenvalue weighted by atomic mass is 10.0. The van der Waals surface area contributed by atoms with Gasteiger partial charge in [0.25, 0.3) is 0 Å². The summed E-state index contributed by atoms with van der Waals surface area (Å²) in [6, 6.07) is 13.1. The fourth-order valence-corrected chi connectivity index (χ4v) is 3.35. The number of ketones is 1. The third-order valence-electron chi connectivity index (χ3n) is 4.70. The first kappa shape index (κ1) is 15.6. The molecule has 0 saturated heterocycles. The smallest absolute Gasteiger partial charge is 0.360 e. The van der Waals surface area contributed by atoms with Crippen molar-refractivity contribution >= 4 is 22.7 Å². The summed E-state index contributed by atoms with van der Waals surface area (Å²) in [5, 5.41) is 7.50. The van der Waals surface area contributed by atoms with E-state index in [9.17, 15) is 9.59 Å². The molecule has 1 aliphatic carbocycles. The summed E-state index contributed by atoms with van der Waals surface area (Å²) < 4.78 is 5.37. The number of aromatic nitrogens is 2. The summed E-state index contributed by atoms with van der Waals surface area (Å²) in [6.07, 6.45) is 2.34. The number of nitrogens with zero attached hydrogens (tertiary/aromatic N) is 1. The number of carbonyl (C=O) groups is 2. The predicted octanol–water partition coefficient (Wildman–Crippen LogP) is 3.48. The first-order valence-electron chi connectivity index (χ1n) is 8.43. The molecule has 1 atom stereocenters. The number of esters is 1. The molecule has 0 bridgehead atoms. The zero-order valence-corrected chi connectivity index (χ0v) is 13.9. The Morgan fingerprint density at radius 1 is 1.12 bits per heavy atom. The molecule has 0 spiro atoms. The molecular weight excluding hydrogens is 316 g/mol. The van der Waals surface area contributed by atoms with Crippen molar-refractivity contribution < 1.29 is 14.3 Å². The van der Waals surface area contributed by atoms with Crippen LogP contribution < -0.4 is 0 Å². The van der Waals surface area contributed by atoms with E-state index in [1.54, 1.807) is 13.0 Å². The summed E-state index contributed by atoms with van der Waals surface area (Å²) in [7, 11) is 0. The van der Waals surface area contributed by atoms with Crippen LogP contribution in [0.4, 0.5) is 0 Å². The Morgan fingerprint density at radius 3 is 2.80 bits per heavy atom. The third kappa shape index (κ3) is 2.82. The van der Waals surface area contributed by atoms with Gasteiger partial charge in [-0.05, 0) is 49.4 Å². The second-order valence-corrected chi connectivity index (χ2v) is 6.37. The van der Waals surface area contributed by atoms with Crippen LogP contribution in [-0.4, -0.2) is 28.1 Å². The number of carbonyl (C=O) groups excluding carboxylic acids is 2. The molecule has 25 heavy (non-hydrogen) atoms. The molecule has 0 saturated carbocycles. The van der Waals surface area contributed by atoms with Gasteiger partial charge in [0.15, 0.2) is 11.8 Å². The summed E-state index contributed by atoms with van der Waals surface area (Å²) >= 11 is 0. The predicted molar refractivity (Wildman–Crippen MR) is 93.8 cm³/mol. The van der Waals surface area contributed by atoms with Crippen LogP contribution in [0.5, 0.6) is 0 Å². The van der Waals surface area contributed by atoms with Gasteiger partial charge in [0.1, 0.15) is 0 Å². The Labute approximate surface area is 145 Å². The van der Waals surface area contributed by atoms with E-state index in [1.165, 1.54) is 11.1 Å². The number of hydrogen-bond donors (Lipinski definition) is 1. The Morgan fingerprint density at radius 2 is 1.92 bits per heavy atom. The van der Waals surface area contributed by atoms with Gasteiger partial charge in [-0.3, -0.25) is 9.89 Å². The van der Waals surface area contributed by atoms with Crippen LogP contribution in [0.1, 0.15) is 45.3 Å². The molecule has 3 aromatic rings. The van der Waals surface area contributed by atoms with E-state index in [0.717, 1.165) is 24.8 Å².